The number of hydrogen-bond acceptors (Lipinski definition) is 2. The number of carbonyl (C=O) groups is 1. The number of aryl methyl sites for hydroxylation is 1. The number of aliphatic hydroxyl groups is 1. The highest BCUT2D eigenvalue weighted by Crippen LogP contribution is 2.31. The molecule has 0 spiro atoms. The van der Waals surface area contributed by atoms with Gasteiger partial charge in [-0.25, -0.2) is 4.39 Å². The Morgan fingerprint density at radius 1 is 1.37 bits per heavy atom. The third-order valence-electron chi connectivity index (χ3n) is 3.73. The molecular formula is C15H20FNO2. The van der Waals surface area contributed by atoms with Gasteiger partial charge in [0.2, 0.25) is 5.91 Å². The van der Waals surface area contributed by atoms with Crippen LogP contribution in [0, 0.1) is 12.7 Å². The number of benzene rings is 1. The molecule has 0 radical (unpaired) electrons. The van der Waals surface area contributed by atoms with Crippen LogP contribution in [0.5, 0.6) is 0 Å². The lowest BCUT2D eigenvalue weighted by Gasteiger charge is -2.31. The molecule has 0 unspecified atom stereocenters. The Labute approximate surface area is 112 Å². The maximum Gasteiger partial charge on any atom is 0.227 e. The molecule has 0 atom stereocenters. The van der Waals surface area contributed by atoms with Crippen molar-refractivity contribution in [3.63, 3.8) is 0 Å². The Bertz CT molecular complexity index is 467. The third kappa shape index (κ3) is 3.77. The molecule has 0 bridgehead atoms. The first kappa shape index (κ1) is 14.0. The zero-order valence-corrected chi connectivity index (χ0v) is 11.2. The van der Waals surface area contributed by atoms with Crippen molar-refractivity contribution in [1.29, 1.82) is 0 Å². The summed E-state index contributed by atoms with van der Waals surface area (Å²) in [6, 6.07) is 4.60. The second kappa shape index (κ2) is 5.70. The average molecular weight is 265 g/mol. The topological polar surface area (TPSA) is 49.3 Å². The van der Waals surface area contributed by atoms with E-state index >= 15 is 0 Å². The van der Waals surface area contributed by atoms with Crippen molar-refractivity contribution in [2.75, 3.05) is 5.32 Å². The number of halogens is 1. The van der Waals surface area contributed by atoms with Gasteiger partial charge in [-0.05, 0) is 37.5 Å². The SMILES string of the molecule is Cc1ccc(NC(=O)CC2(O)CCCCC2)cc1F. The van der Waals surface area contributed by atoms with E-state index in [2.05, 4.69) is 5.32 Å². The first-order valence-electron chi connectivity index (χ1n) is 6.77. The van der Waals surface area contributed by atoms with Crippen LogP contribution in [0.3, 0.4) is 0 Å². The van der Waals surface area contributed by atoms with Crippen LogP contribution in [0.1, 0.15) is 44.1 Å². The van der Waals surface area contributed by atoms with E-state index in [9.17, 15) is 14.3 Å². The highest BCUT2D eigenvalue weighted by Gasteiger charge is 2.31. The van der Waals surface area contributed by atoms with Crippen molar-refractivity contribution in [2.45, 2.75) is 51.0 Å². The molecule has 1 aliphatic rings. The van der Waals surface area contributed by atoms with E-state index < -0.39 is 5.60 Å². The molecule has 1 aromatic carbocycles. The van der Waals surface area contributed by atoms with Crippen molar-refractivity contribution in [1.82, 2.24) is 0 Å². The summed E-state index contributed by atoms with van der Waals surface area (Å²) in [6.07, 6.45) is 4.47. The molecule has 2 rings (SSSR count). The number of anilines is 1. The molecule has 0 aromatic heterocycles. The van der Waals surface area contributed by atoms with Crippen molar-refractivity contribution in [3.05, 3.63) is 29.6 Å². The molecular weight excluding hydrogens is 245 g/mol. The predicted molar refractivity (Wildman–Crippen MR) is 72.4 cm³/mol. The standard InChI is InChI=1S/C15H20FNO2/c1-11-5-6-12(9-13(11)16)17-14(18)10-15(19)7-3-2-4-8-15/h5-6,9,19H,2-4,7-8,10H2,1H3,(H,17,18). The summed E-state index contributed by atoms with van der Waals surface area (Å²) >= 11 is 0. The van der Waals surface area contributed by atoms with Crippen molar-refractivity contribution < 1.29 is 14.3 Å². The molecule has 104 valence electrons. The smallest absolute Gasteiger partial charge is 0.227 e. The lowest BCUT2D eigenvalue weighted by atomic mass is 9.82. The van der Waals surface area contributed by atoms with Crippen molar-refractivity contribution >= 4 is 11.6 Å². The molecule has 1 fully saturated rings. The van der Waals surface area contributed by atoms with Gasteiger partial charge in [0.1, 0.15) is 5.82 Å². The summed E-state index contributed by atoms with van der Waals surface area (Å²) in [6.45, 7) is 1.67. The quantitative estimate of drug-likeness (QED) is 0.882. The fraction of sp³-hybridized carbons (Fsp3) is 0.533. The maximum atomic E-state index is 13.4. The zero-order chi connectivity index (χ0) is 13.9. The normalized spacial score (nSPS) is 18.1. The molecule has 0 aliphatic heterocycles. The molecule has 1 saturated carbocycles. The monoisotopic (exact) mass is 265 g/mol. The molecule has 1 aliphatic carbocycles. The molecule has 1 amide bonds. The Morgan fingerprint density at radius 2 is 2.05 bits per heavy atom. The number of amides is 1. The lowest BCUT2D eigenvalue weighted by Crippen LogP contribution is -2.35. The van der Waals surface area contributed by atoms with Gasteiger partial charge >= 0.3 is 0 Å². The minimum atomic E-state index is -0.883. The van der Waals surface area contributed by atoms with E-state index in [1.807, 2.05) is 0 Å². The summed E-state index contributed by atoms with van der Waals surface area (Å²) in [7, 11) is 0. The highest BCUT2D eigenvalue weighted by molar-refractivity contribution is 5.91. The van der Waals surface area contributed by atoms with E-state index in [-0.39, 0.29) is 18.1 Å². The maximum absolute atomic E-state index is 13.4. The van der Waals surface area contributed by atoms with Gasteiger partial charge in [-0.3, -0.25) is 4.79 Å². The van der Waals surface area contributed by atoms with Gasteiger partial charge < -0.3 is 10.4 Å². The van der Waals surface area contributed by atoms with Gasteiger partial charge in [-0.15, -0.1) is 0 Å². The van der Waals surface area contributed by atoms with Crippen molar-refractivity contribution in [2.24, 2.45) is 0 Å². The summed E-state index contributed by atoms with van der Waals surface area (Å²) in [5, 5.41) is 12.9. The van der Waals surface area contributed by atoms with Crippen molar-refractivity contribution in [3.8, 4) is 0 Å². The van der Waals surface area contributed by atoms with Crippen LogP contribution in [0.2, 0.25) is 0 Å². The van der Waals surface area contributed by atoms with Crippen LogP contribution < -0.4 is 5.32 Å². The van der Waals surface area contributed by atoms with Gasteiger partial charge in [0, 0.05) is 5.69 Å². The summed E-state index contributed by atoms with van der Waals surface area (Å²) in [5.41, 5.74) is 0.0994. The first-order chi connectivity index (χ1) is 8.98. The van der Waals surface area contributed by atoms with E-state index in [0.29, 0.717) is 24.1 Å². The van der Waals surface area contributed by atoms with Crippen LogP contribution in [0.4, 0.5) is 10.1 Å². The minimum absolute atomic E-state index is 0.0858. The van der Waals surface area contributed by atoms with Crippen LogP contribution >= 0.6 is 0 Å². The fourth-order valence-electron chi connectivity index (χ4n) is 2.56. The first-order valence-corrected chi connectivity index (χ1v) is 6.77. The van der Waals surface area contributed by atoms with E-state index in [1.165, 1.54) is 6.07 Å². The molecule has 4 heteroatoms. The molecule has 0 heterocycles. The zero-order valence-electron chi connectivity index (χ0n) is 11.2. The van der Waals surface area contributed by atoms with Crippen LogP contribution in [-0.4, -0.2) is 16.6 Å². The Kier molecular flexibility index (Phi) is 4.20. The molecule has 0 saturated heterocycles. The average Bonchev–Trinajstić information content (AvgIpc) is 2.34. The highest BCUT2D eigenvalue weighted by atomic mass is 19.1. The van der Waals surface area contributed by atoms with E-state index in [0.717, 1.165) is 19.3 Å². The van der Waals surface area contributed by atoms with Gasteiger partial charge in [0.25, 0.3) is 0 Å². The number of rotatable bonds is 3. The van der Waals surface area contributed by atoms with Gasteiger partial charge in [0.05, 0.1) is 12.0 Å². The van der Waals surface area contributed by atoms with Crippen LogP contribution in [0.15, 0.2) is 18.2 Å². The minimum Gasteiger partial charge on any atom is -0.389 e. The lowest BCUT2D eigenvalue weighted by molar-refractivity contribution is -0.122. The van der Waals surface area contributed by atoms with Gasteiger partial charge in [-0.1, -0.05) is 25.3 Å². The number of hydrogen-bond donors (Lipinski definition) is 2. The largest absolute Gasteiger partial charge is 0.389 e. The molecule has 19 heavy (non-hydrogen) atoms. The molecule has 3 nitrogen and oxygen atoms in total. The Hall–Kier alpha value is -1.42. The fourth-order valence-corrected chi connectivity index (χ4v) is 2.56. The second-order valence-corrected chi connectivity index (χ2v) is 5.47. The Balaban J connectivity index is 1.95. The van der Waals surface area contributed by atoms with Crippen LogP contribution in [0.25, 0.3) is 0 Å². The van der Waals surface area contributed by atoms with Gasteiger partial charge in [-0.2, -0.15) is 0 Å². The molecule has 2 N–H and O–H groups in total. The van der Waals surface area contributed by atoms with E-state index in [4.69, 9.17) is 0 Å². The number of nitrogens with one attached hydrogen (secondary N) is 1. The summed E-state index contributed by atoms with van der Waals surface area (Å²) < 4.78 is 13.4. The summed E-state index contributed by atoms with van der Waals surface area (Å²) in [4.78, 5) is 11.9. The third-order valence-corrected chi connectivity index (χ3v) is 3.73. The predicted octanol–water partition coefficient (Wildman–Crippen LogP) is 3.16. The second-order valence-electron chi connectivity index (χ2n) is 5.47. The Morgan fingerprint density at radius 3 is 2.68 bits per heavy atom. The van der Waals surface area contributed by atoms with Gasteiger partial charge in [0.15, 0.2) is 0 Å². The van der Waals surface area contributed by atoms with Crippen LogP contribution in [-0.2, 0) is 4.79 Å². The molecule has 1 aromatic rings. The van der Waals surface area contributed by atoms with E-state index in [1.54, 1.807) is 19.1 Å². The summed E-state index contributed by atoms with van der Waals surface area (Å²) in [5.74, 6) is -0.596. The number of carbonyl (C=O) groups excluding carboxylic acids is 1.